The van der Waals surface area contributed by atoms with E-state index in [1.54, 1.807) is 4.90 Å². The molecule has 0 aromatic heterocycles. The molecule has 0 spiro atoms. The average molecular weight is 225 g/mol. The zero-order valence-corrected chi connectivity index (χ0v) is 9.66. The first-order valence-electron chi connectivity index (χ1n) is 5.94. The molecular weight excluding hydrogens is 206 g/mol. The Bertz CT molecular complexity index is 289. The van der Waals surface area contributed by atoms with Crippen molar-refractivity contribution < 1.29 is 9.59 Å². The number of rotatable bonds is 5. The maximum absolute atomic E-state index is 11.5. The van der Waals surface area contributed by atoms with E-state index >= 15 is 0 Å². The maximum Gasteiger partial charge on any atom is 0.239 e. The summed E-state index contributed by atoms with van der Waals surface area (Å²) in [5.74, 6) is 0.587. The van der Waals surface area contributed by atoms with Gasteiger partial charge in [0.2, 0.25) is 11.8 Å². The molecule has 1 heterocycles. The summed E-state index contributed by atoms with van der Waals surface area (Å²) in [5.41, 5.74) is 0. The van der Waals surface area contributed by atoms with Gasteiger partial charge in [-0.1, -0.05) is 0 Å². The van der Waals surface area contributed by atoms with Gasteiger partial charge in [-0.3, -0.25) is 9.59 Å². The molecule has 2 fully saturated rings. The van der Waals surface area contributed by atoms with Crippen LogP contribution in [0.2, 0.25) is 0 Å². The van der Waals surface area contributed by atoms with Crippen molar-refractivity contribution in [3.8, 4) is 0 Å². The molecule has 0 aromatic carbocycles. The molecule has 2 amide bonds. The van der Waals surface area contributed by atoms with Crippen molar-refractivity contribution in [2.45, 2.75) is 25.3 Å². The molecule has 5 heteroatoms. The highest BCUT2D eigenvalue weighted by molar-refractivity contribution is 5.83. The van der Waals surface area contributed by atoms with E-state index in [2.05, 4.69) is 10.6 Å². The summed E-state index contributed by atoms with van der Waals surface area (Å²) in [4.78, 5) is 24.6. The first-order chi connectivity index (χ1) is 7.68. The monoisotopic (exact) mass is 225 g/mol. The molecule has 2 rings (SSSR count). The minimum atomic E-state index is -0.0529. The summed E-state index contributed by atoms with van der Waals surface area (Å²) < 4.78 is 0. The minimum absolute atomic E-state index is 0.0529. The van der Waals surface area contributed by atoms with Gasteiger partial charge in [0.05, 0.1) is 6.04 Å². The third-order valence-corrected chi connectivity index (χ3v) is 3.19. The van der Waals surface area contributed by atoms with Gasteiger partial charge in [0.25, 0.3) is 0 Å². The number of nitrogens with zero attached hydrogens (tertiary/aromatic N) is 1. The number of amides is 2. The molecule has 2 aliphatic rings. The van der Waals surface area contributed by atoms with Crippen LogP contribution in [0.5, 0.6) is 0 Å². The Morgan fingerprint density at radius 3 is 2.69 bits per heavy atom. The number of likely N-dealkylation sites (N-methyl/N-ethyl adjacent to an activating group) is 1. The molecule has 0 aromatic rings. The van der Waals surface area contributed by atoms with Crippen LogP contribution in [0.4, 0.5) is 0 Å². The molecular formula is C11H19N3O2. The average Bonchev–Trinajstić information content (AvgIpc) is 3.06. The molecule has 1 aliphatic heterocycles. The second-order valence-corrected chi connectivity index (χ2v) is 4.62. The van der Waals surface area contributed by atoms with Crippen molar-refractivity contribution in [2.24, 2.45) is 5.92 Å². The number of likely N-dealkylation sites (tertiary alicyclic amines) is 1. The predicted molar refractivity (Wildman–Crippen MR) is 59.8 cm³/mol. The van der Waals surface area contributed by atoms with Crippen molar-refractivity contribution in [3.63, 3.8) is 0 Å². The molecule has 0 bridgehead atoms. The number of nitrogens with one attached hydrogen (secondary N) is 2. The van der Waals surface area contributed by atoms with Gasteiger partial charge >= 0.3 is 0 Å². The number of hydrogen-bond acceptors (Lipinski definition) is 3. The fourth-order valence-corrected chi connectivity index (χ4v) is 1.93. The van der Waals surface area contributed by atoms with E-state index in [0.717, 1.165) is 25.8 Å². The van der Waals surface area contributed by atoms with Gasteiger partial charge in [-0.2, -0.15) is 0 Å². The highest BCUT2D eigenvalue weighted by atomic mass is 16.2. The summed E-state index contributed by atoms with van der Waals surface area (Å²) in [5, 5.41) is 6.04. The molecule has 5 nitrogen and oxygen atoms in total. The number of hydrogen-bond donors (Lipinski definition) is 2. The second kappa shape index (κ2) is 4.82. The van der Waals surface area contributed by atoms with Gasteiger partial charge < -0.3 is 15.5 Å². The summed E-state index contributed by atoms with van der Waals surface area (Å²) in [6, 6.07) is -0.0529. The lowest BCUT2D eigenvalue weighted by Crippen LogP contribution is -2.41. The van der Waals surface area contributed by atoms with Gasteiger partial charge in [0, 0.05) is 32.6 Å². The first-order valence-corrected chi connectivity index (χ1v) is 5.94. The Morgan fingerprint density at radius 2 is 2.12 bits per heavy atom. The Labute approximate surface area is 95.6 Å². The quantitative estimate of drug-likeness (QED) is 0.610. The maximum atomic E-state index is 11.5. The molecule has 0 radical (unpaired) electrons. The summed E-state index contributed by atoms with van der Waals surface area (Å²) in [6.07, 6.45) is 2.93. The standard InChI is InChI=1S/C11H19N3O2/c1-14-7-4-9(11(14)16)12-5-6-13-10(15)8-2-3-8/h8-9,12H,2-7H2,1H3,(H,13,15). The van der Waals surface area contributed by atoms with Gasteiger partial charge in [0.15, 0.2) is 0 Å². The van der Waals surface area contributed by atoms with Crippen molar-refractivity contribution in [1.29, 1.82) is 0 Å². The Balaban J connectivity index is 1.57. The Morgan fingerprint density at radius 1 is 1.38 bits per heavy atom. The van der Waals surface area contributed by atoms with Crippen molar-refractivity contribution in [1.82, 2.24) is 15.5 Å². The minimum Gasteiger partial charge on any atom is -0.355 e. The highest BCUT2D eigenvalue weighted by Gasteiger charge is 2.30. The highest BCUT2D eigenvalue weighted by Crippen LogP contribution is 2.28. The van der Waals surface area contributed by atoms with E-state index in [0.29, 0.717) is 13.1 Å². The van der Waals surface area contributed by atoms with Crippen LogP contribution in [0.15, 0.2) is 0 Å². The van der Waals surface area contributed by atoms with Crippen LogP contribution in [-0.2, 0) is 9.59 Å². The molecule has 90 valence electrons. The largest absolute Gasteiger partial charge is 0.355 e. The third kappa shape index (κ3) is 2.72. The van der Waals surface area contributed by atoms with Gasteiger partial charge in [-0.15, -0.1) is 0 Å². The van der Waals surface area contributed by atoms with Crippen LogP contribution < -0.4 is 10.6 Å². The smallest absolute Gasteiger partial charge is 0.239 e. The SMILES string of the molecule is CN1CCC(NCCNC(=O)C2CC2)C1=O. The predicted octanol–water partition coefficient (Wildman–Crippen LogP) is -0.667. The van der Waals surface area contributed by atoms with Crippen LogP contribution in [0.25, 0.3) is 0 Å². The van der Waals surface area contributed by atoms with Crippen LogP contribution in [-0.4, -0.2) is 49.4 Å². The zero-order chi connectivity index (χ0) is 11.5. The molecule has 16 heavy (non-hydrogen) atoms. The summed E-state index contributed by atoms with van der Waals surface area (Å²) in [7, 11) is 1.82. The van der Waals surface area contributed by atoms with Crippen molar-refractivity contribution in [2.75, 3.05) is 26.7 Å². The van der Waals surface area contributed by atoms with Crippen LogP contribution in [0, 0.1) is 5.92 Å². The lowest BCUT2D eigenvalue weighted by Gasteiger charge is -2.12. The summed E-state index contributed by atoms with van der Waals surface area (Å²) >= 11 is 0. The van der Waals surface area contributed by atoms with Crippen molar-refractivity contribution in [3.05, 3.63) is 0 Å². The fourth-order valence-electron chi connectivity index (χ4n) is 1.93. The third-order valence-electron chi connectivity index (χ3n) is 3.19. The van der Waals surface area contributed by atoms with Crippen LogP contribution in [0.1, 0.15) is 19.3 Å². The molecule has 1 aliphatic carbocycles. The number of carbonyl (C=O) groups excluding carboxylic acids is 2. The molecule has 2 N–H and O–H groups in total. The Kier molecular flexibility index (Phi) is 3.43. The van der Waals surface area contributed by atoms with E-state index < -0.39 is 0 Å². The first kappa shape index (κ1) is 11.4. The normalized spacial score (nSPS) is 24.9. The number of carbonyl (C=O) groups is 2. The van der Waals surface area contributed by atoms with E-state index in [-0.39, 0.29) is 23.8 Å². The lowest BCUT2D eigenvalue weighted by molar-refractivity contribution is -0.128. The molecule has 1 atom stereocenters. The Hall–Kier alpha value is -1.10. The van der Waals surface area contributed by atoms with E-state index in [4.69, 9.17) is 0 Å². The fraction of sp³-hybridized carbons (Fsp3) is 0.818. The van der Waals surface area contributed by atoms with Crippen LogP contribution >= 0.6 is 0 Å². The van der Waals surface area contributed by atoms with E-state index in [9.17, 15) is 9.59 Å². The van der Waals surface area contributed by atoms with Gasteiger partial charge in [-0.25, -0.2) is 0 Å². The molecule has 1 unspecified atom stereocenters. The lowest BCUT2D eigenvalue weighted by atomic mass is 10.2. The topological polar surface area (TPSA) is 61.4 Å². The van der Waals surface area contributed by atoms with Gasteiger partial charge in [0.1, 0.15) is 0 Å². The van der Waals surface area contributed by atoms with Crippen molar-refractivity contribution >= 4 is 11.8 Å². The van der Waals surface area contributed by atoms with Gasteiger partial charge in [-0.05, 0) is 19.3 Å². The zero-order valence-electron chi connectivity index (χ0n) is 9.66. The molecule has 1 saturated carbocycles. The van der Waals surface area contributed by atoms with E-state index in [1.165, 1.54) is 0 Å². The molecule has 1 saturated heterocycles. The van der Waals surface area contributed by atoms with Crippen LogP contribution in [0.3, 0.4) is 0 Å². The second-order valence-electron chi connectivity index (χ2n) is 4.62. The summed E-state index contributed by atoms with van der Waals surface area (Å²) in [6.45, 7) is 2.11. The van der Waals surface area contributed by atoms with E-state index in [1.807, 2.05) is 7.05 Å².